The number of esters is 1. The second-order valence-corrected chi connectivity index (χ2v) is 7.07. The van der Waals surface area contributed by atoms with Gasteiger partial charge in [-0.15, -0.1) is 0 Å². The molecule has 0 saturated heterocycles. The molecule has 2 aliphatic rings. The van der Waals surface area contributed by atoms with Crippen LogP contribution in [0, 0.1) is 17.8 Å². The van der Waals surface area contributed by atoms with Crippen molar-refractivity contribution in [2.45, 2.75) is 72.3 Å². The Bertz CT molecular complexity index is 392. The fraction of sp³-hybridized carbons (Fsp3) is 0.824. The Kier molecular flexibility index (Phi) is 4.08. The van der Waals surface area contributed by atoms with Crippen molar-refractivity contribution in [2.24, 2.45) is 17.8 Å². The Morgan fingerprint density at radius 1 is 1.11 bits per heavy atom. The Morgan fingerprint density at radius 3 is 2.37 bits per heavy atom. The standard InChI is InChI=1S/C17H28O2/c1-11-6-8-14(17(4,5)19-13(3)18)10-16-12(2)7-9-15(11)16/h11-12,14H,6-10H2,1-5H3/t11-,12+,14-/m1/s1. The van der Waals surface area contributed by atoms with Gasteiger partial charge in [-0.2, -0.15) is 0 Å². The molecule has 0 unspecified atom stereocenters. The zero-order chi connectivity index (χ0) is 14.2. The second kappa shape index (κ2) is 5.30. The highest BCUT2D eigenvalue weighted by Crippen LogP contribution is 2.46. The monoisotopic (exact) mass is 264 g/mol. The molecule has 0 aromatic rings. The summed E-state index contributed by atoms with van der Waals surface area (Å²) in [6, 6.07) is 0. The van der Waals surface area contributed by atoms with Crippen LogP contribution in [0.3, 0.4) is 0 Å². The van der Waals surface area contributed by atoms with Crippen molar-refractivity contribution in [3.8, 4) is 0 Å². The number of carbonyl (C=O) groups is 1. The minimum Gasteiger partial charge on any atom is -0.460 e. The molecular formula is C17H28O2. The van der Waals surface area contributed by atoms with Gasteiger partial charge in [0.2, 0.25) is 0 Å². The molecule has 0 aromatic carbocycles. The quantitative estimate of drug-likeness (QED) is 0.542. The predicted octanol–water partition coefficient (Wildman–Crippen LogP) is 4.49. The van der Waals surface area contributed by atoms with Gasteiger partial charge >= 0.3 is 5.97 Å². The van der Waals surface area contributed by atoms with Crippen LogP contribution in [0.5, 0.6) is 0 Å². The molecule has 0 fully saturated rings. The molecule has 0 aliphatic heterocycles. The van der Waals surface area contributed by atoms with Crippen LogP contribution in [0.15, 0.2) is 11.1 Å². The van der Waals surface area contributed by atoms with Gasteiger partial charge in [0.05, 0.1) is 0 Å². The molecule has 0 heterocycles. The van der Waals surface area contributed by atoms with E-state index in [1.165, 1.54) is 32.6 Å². The first-order valence-corrected chi connectivity index (χ1v) is 7.72. The molecule has 2 aliphatic carbocycles. The number of allylic oxidation sites excluding steroid dienone is 2. The fourth-order valence-corrected chi connectivity index (χ4v) is 3.96. The van der Waals surface area contributed by atoms with Gasteiger partial charge in [-0.05, 0) is 57.8 Å². The maximum absolute atomic E-state index is 11.3. The summed E-state index contributed by atoms with van der Waals surface area (Å²) in [5.41, 5.74) is 3.06. The average Bonchev–Trinajstić information content (AvgIpc) is 2.53. The summed E-state index contributed by atoms with van der Waals surface area (Å²) in [7, 11) is 0. The lowest BCUT2D eigenvalue weighted by Gasteiger charge is -2.34. The number of rotatable bonds is 2. The van der Waals surface area contributed by atoms with E-state index in [4.69, 9.17) is 4.74 Å². The highest BCUT2D eigenvalue weighted by molar-refractivity contribution is 5.66. The van der Waals surface area contributed by atoms with E-state index in [1.54, 1.807) is 11.1 Å². The lowest BCUT2D eigenvalue weighted by molar-refractivity contribution is -0.159. The molecule has 0 spiro atoms. The van der Waals surface area contributed by atoms with Crippen molar-refractivity contribution >= 4 is 5.97 Å². The van der Waals surface area contributed by atoms with Crippen molar-refractivity contribution in [2.75, 3.05) is 0 Å². The summed E-state index contributed by atoms with van der Waals surface area (Å²) in [6.45, 7) is 10.4. The molecule has 0 amide bonds. The van der Waals surface area contributed by atoms with Gasteiger partial charge < -0.3 is 4.74 Å². The third-order valence-electron chi connectivity index (χ3n) is 5.25. The lowest BCUT2D eigenvalue weighted by Crippen LogP contribution is -2.36. The van der Waals surface area contributed by atoms with Crippen LogP contribution in [0.25, 0.3) is 0 Å². The maximum Gasteiger partial charge on any atom is 0.303 e. The summed E-state index contributed by atoms with van der Waals surface area (Å²) in [6.07, 6.45) is 6.14. The molecule has 0 saturated carbocycles. The highest BCUT2D eigenvalue weighted by Gasteiger charge is 2.38. The summed E-state index contributed by atoms with van der Waals surface area (Å²) in [5.74, 6) is 1.76. The van der Waals surface area contributed by atoms with E-state index in [2.05, 4.69) is 27.7 Å². The topological polar surface area (TPSA) is 26.3 Å². The summed E-state index contributed by atoms with van der Waals surface area (Å²) in [5, 5.41) is 0. The van der Waals surface area contributed by atoms with Crippen molar-refractivity contribution in [3.05, 3.63) is 11.1 Å². The van der Waals surface area contributed by atoms with Crippen LogP contribution in [0.1, 0.15) is 66.7 Å². The van der Waals surface area contributed by atoms with Gasteiger partial charge in [-0.3, -0.25) is 4.79 Å². The number of hydrogen-bond donors (Lipinski definition) is 0. The van der Waals surface area contributed by atoms with E-state index < -0.39 is 0 Å². The van der Waals surface area contributed by atoms with Gasteiger partial charge in [-0.25, -0.2) is 0 Å². The van der Waals surface area contributed by atoms with Gasteiger partial charge in [0.25, 0.3) is 0 Å². The molecule has 19 heavy (non-hydrogen) atoms. The molecule has 2 heteroatoms. The van der Waals surface area contributed by atoms with Crippen LogP contribution in [0.2, 0.25) is 0 Å². The van der Waals surface area contributed by atoms with Crippen LogP contribution in [-0.4, -0.2) is 11.6 Å². The molecule has 108 valence electrons. The van der Waals surface area contributed by atoms with Crippen molar-refractivity contribution in [1.29, 1.82) is 0 Å². The van der Waals surface area contributed by atoms with E-state index in [0.717, 1.165) is 18.3 Å². The Morgan fingerprint density at radius 2 is 1.74 bits per heavy atom. The largest absolute Gasteiger partial charge is 0.460 e. The second-order valence-electron chi connectivity index (χ2n) is 7.07. The summed E-state index contributed by atoms with van der Waals surface area (Å²) < 4.78 is 5.59. The SMILES string of the molecule is CC(=O)OC(C)(C)[C@@H]1CC[C@@H](C)C2=C(C1)[C@@H](C)CC2. The molecule has 2 rings (SSSR count). The average molecular weight is 264 g/mol. The van der Waals surface area contributed by atoms with Crippen molar-refractivity contribution in [1.82, 2.24) is 0 Å². The van der Waals surface area contributed by atoms with Crippen LogP contribution in [-0.2, 0) is 9.53 Å². The van der Waals surface area contributed by atoms with Crippen molar-refractivity contribution < 1.29 is 9.53 Å². The van der Waals surface area contributed by atoms with E-state index in [0.29, 0.717) is 5.92 Å². The molecular weight excluding hydrogens is 236 g/mol. The predicted molar refractivity (Wildman–Crippen MR) is 77.8 cm³/mol. The third kappa shape index (κ3) is 3.04. The van der Waals surface area contributed by atoms with Gasteiger partial charge in [-0.1, -0.05) is 25.0 Å². The Hall–Kier alpha value is -0.790. The number of ether oxygens (including phenoxy) is 1. The van der Waals surface area contributed by atoms with Gasteiger partial charge in [0, 0.05) is 12.8 Å². The first kappa shape index (κ1) is 14.6. The third-order valence-corrected chi connectivity index (χ3v) is 5.25. The minimum absolute atomic E-state index is 0.157. The fourth-order valence-electron chi connectivity index (χ4n) is 3.96. The van der Waals surface area contributed by atoms with Crippen molar-refractivity contribution in [3.63, 3.8) is 0 Å². The number of carbonyl (C=O) groups excluding carboxylic acids is 1. The summed E-state index contributed by atoms with van der Waals surface area (Å²) >= 11 is 0. The Balaban J connectivity index is 2.19. The zero-order valence-electron chi connectivity index (χ0n) is 13.1. The molecule has 0 radical (unpaired) electrons. The summed E-state index contributed by atoms with van der Waals surface area (Å²) in [4.78, 5) is 11.3. The lowest BCUT2D eigenvalue weighted by atomic mass is 9.81. The smallest absolute Gasteiger partial charge is 0.303 e. The van der Waals surface area contributed by atoms with Crippen LogP contribution in [0.4, 0.5) is 0 Å². The maximum atomic E-state index is 11.3. The minimum atomic E-state index is -0.337. The zero-order valence-corrected chi connectivity index (χ0v) is 13.1. The van der Waals surface area contributed by atoms with E-state index in [9.17, 15) is 4.79 Å². The highest BCUT2D eigenvalue weighted by atomic mass is 16.6. The van der Waals surface area contributed by atoms with Gasteiger partial charge in [0.1, 0.15) is 5.60 Å². The molecule has 0 aromatic heterocycles. The first-order chi connectivity index (χ1) is 8.81. The molecule has 2 nitrogen and oxygen atoms in total. The van der Waals surface area contributed by atoms with E-state index in [-0.39, 0.29) is 11.6 Å². The molecule has 0 N–H and O–H groups in total. The first-order valence-electron chi connectivity index (χ1n) is 7.72. The van der Waals surface area contributed by atoms with E-state index in [1.807, 2.05) is 0 Å². The molecule has 3 atom stereocenters. The molecule has 0 bridgehead atoms. The van der Waals surface area contributed by atoms with Gasteiger partial charge in [0.15, 0.2) is 0 Å². The Labute approximate surface area is 117 Å². The van der Waals surface area contributed by atoms with E-state index >= 15 is 0 Å². The number of hydrogen-bond acceptors (Lipinski definition) is 2. The van der Waals surface area contributed by atoms with Crippen LogP contribution < -0.4 is 0 Å². The van der Waals surface area contributed by atoms with Crippen LogP contribution >= 0.6 is 0 Å². The normalized spacial score (nSPS) is 31.9.